The first-order valence-corrected chi connectivity index (χ1v) is 6.77. The van der Waals surface area contributed by atoms with Crippen molar-refractivity contribution in [3.63, 3.8) is 0 Å². The zero-order chi connectivity index (χ0) is 13.5. The standard InChI is InChI=1S/C12H14N4O2S/c1-2-18-16-11(17)10-5-3-9(4-6-10)7-19-12-13-8-14-15-12/h3-6,8H,2,7H2,1H3,(H,16,17)(H,13,14,15). The Morgan fingerprint density at radius 1 is 1.42 bits per heavy atom. The van der Waals surface area contributed by atoms with Gasteiger partial charge >= 0.3 is 0 Å². The second-order valence-corrected chi connectivity index (χ2v) is 4.60. The molecule has 19 heavy (non-hydrogen) atoms. The first-order valence-electron chi connectivity index (χ1n) is 5.79. The van der Waals surface area contributed by atoms with Crippen LogP contribution < -0.4 is 5.48 Å². The molecule has 0 bridgehead atoms. The highest BCUT2D eigenvalue weighted by atomic mass is 32.2. The van der Waals surface area contributed by atoms with Crippen molar-refractivity contribution < 1.29 is 9.63 Å². The highest BCUT2D eigenvalue weighted by molar-refractivity contribution is 7.98. The molecule has 0 fully saturated rings. The summed E-state index contributed by atoms with van der Waals surface area (Å²) in [5.74, 6) is 0.527. The molecule has 7 heteroatoms. The summed E-state index contributed by atoms with van der Waals surface area (Å²) >= 11 is 1.55. The summed E-state index contributed by atoms with van der Waals surface area (Å²) in [6.45, 7) is 2.25. The minimum atomic E-state index is -0.240. The zero-order valence-electron chi connectivity index (χ0n) is 10.4. The molecule has 0 saturated carbocycles. The van der Waals surface area contributed by atoms with E-state index < -0.39 is 0 Å². The van der Waals surface area contributed by atoms with Crippen LogP contribution in [0.15, 0.2) is 35.7 Å². The number of aromatic nitrogens is 3. The largest absolute Gasteiger partial charge is 0.274 e. The smallest absolute Gasteiger partial charge is 0.274 e. The number of hydrogen-bond donors (Lipinski definition) is 2. The van der Waals surface area contributed by atoms with E-state index in [9.17, 15) is 4.79 Å². The SMILES string of the molecule is CCONC(=O)c1ccc(CSc2ncn[nH]2)cc1. The van der Waals surface area contributed by atoms with Gasteiger partial charge < -0.3 is 0 Å². The van der Waals surface area contributed by atoms with Gasteiger partial charge in [0.05, 0.1) is 6.61 Å². The lowest BCUT2D eigenvalue weighted by Gasteiger charge is -2.04. The monoisotopic (exact) mass is 278 g/mol. The van der Waals surface area contributed by atoms with E-state index in [2.05, 4.69) is 20.7 Å². The van der Waals surface area contributed by atoms with Crippen LogP contribution in [-0.2, 0) is 10.6 Å². The van der Waals surface area contributed by atoms with E-state index in [-0.39, 0.29) is 5.91 Å². The van der Waals surface area contributed by atoms with Gasteiger partial charge in [0, 0.05) is 11.3 Å². The fourth-order valence-electron chi connectivity index (χ4n) is 1.36. The van der Waals surface area contributed by atoms with Gasteiger partial charge in [-0.1, -0.05) is 23.9 Å². The molecule has 0 aliphatic heterocycles. The Kier molecular flexibility index (Phi) is 4.93. The maximum Gasteiger partial charge on any atom is 0.274 e. The van der Waals surface area contributed by atoms with Gasteiger partial charge in [-0.3, -0.25) is 14.7 Å². The molecule has 0 atom stereocenters. The zero-order valence-corrected chi connectivity index (χ0v) is 11.2. The van der Waals surface area contributed by atoms with Crippen LogP contribution >= 0.6 is 11.8 Å². The molecule has 1 heterocycles. The van der Waals surface area contributed by atoms with Crippen molar-refractivity contribution in [2.45, 2.75) is 17.8 Å². The van der Waals surface area contributed by atoms with Gasteiger partial charge in [0.25, 0.3) is 5.91 Å². The molecule has 0 aliphatic rings. The number of benzene rings is 1. The van der Waals surface area contributed by atoms with Crippen LogP contribution in [-0.4, -0.2) is 27.7 Å². The first-order chi connectivity index (χ1) is 9.29. The predicted molar refractivity (Wildman–Crippen MR) is 71.5 cm³/mol. The summed E-state index contributed by atoms with van der Waals surface area (Å²) in [5, 5.41) is 7.33. The molecular formula is C12H14N4O2S. The Morgan fingerprint density at radius 3 is 2.84 bits per heavy atom. The highest BCUT2D eigenvalue weighted by Gasteiger charge is 2.05. The van der Waals surface area contributed by atoms with E-state index in [0.29, 0.717) is 12.2 Å². The lowest BCUT2D eigenvalue weighted by molar-refractivity contribution is 0.0364. The number of thioether (sulfide) groups is 1. The van der Waals surface area contributed by atoms with E-state index in [1.165, 1.54) is 6.33 Å². The van der Waals surface area contributed by atoms with Gasteiger partial charge in [0.2, 0.25) is 0 Å². The third-order valence-corrected chi connectivity index (χ3v) is 3.24. The number of rotatable bonds is 6. The number of nitrogens with one attached hydrogen (secondary N) is 2. The number of aromatic amines is 1. The Hall–Kier alpha value is -1.86. The third-order valence-electron chi connectivity index (χ3n) is 2.29. The van der Waals surface area contributed by atoms with Gasteiger partial charge in [0.1, 0.15) is 6.33 Å². The number of nitrogens with zero attached hydrogens (tertiary/aromatic N) is 2. The Labute approximate surface area is 114 Å². The Balaban J connectivity index is 1.89. The normalized spacial score (nSPS) is 10.4. The van der Waals surface area contributed by atoms with E-state index in [1.807, 2.05) is 19.1 Å². The van der Waals surface area contributed by atoms with Crippen molar-refractivity contribution >= 4 is 17.7 Å². The van der Waals surface area contributed by atoms with E-state index in [4.69, 9.17) is 4.84 Å². The van der Waals surface area contributed by atoms with Gasteiger partial charge in [-0.05, 0) is 24.6 Å². The molecule has 0 saturated heterocycles. The van der Waals surface area contributed by atoms with Crippen LogP contribution in [0.5, 0.6) is 0 Å². The van der Waals surface area contributed by atoms with Crippen molar-refractivity contribution in [3.8, 4) is 0 Å². The van der Waals surface area contributed by atoms with Crippen molar-refractivity contribution in [1.29, 1.82) is 0 Å². The molecule has 2 rings (SSSR count). The molecule has 0 aliphatic carbocycles. The van der Waals surface area contributed by atoms with Crippen molar-refractivity contribution in [2.75, 3.05) is 6.61 Å². The number of hydroxylamine groups is 1. The van der Waals surface area contributed by atoms with Crippen molar-refractivity contribution in [3.05, 3.63) is 41.7 Å². The molecule has 2 N–H and O–H groups in total. The molecule has 100 valence electrons. The predicted octanol–water partition coefficient (Wildman–Crippen LogP) is 1.78. The van der Waals surface area contributed by atoms with Gasteiger partial charge in [0.15, 0.2) is 5.16 Å². The molecule has 2 aromatic rings. The molecule has 6 nitrogen and oxygen atoms in total. The maximum atomic E-state index is 11.6. The van der Waals surface area contributed by atoms with Crippen LogP contribution in [0.3, 0.4) is 0 Å². The van der Waals surface area contributed by atoms with Crippen LogP contribution in [0, 0.1) is 0 Å². The number of carbonyl (C=O) groups excluding carboxylic acids is 1. The van der Waals surface area contributed by atoms with Gasteiger partial charge in [-0.25, -0.2) is 10.5 Å². The van der Waals surface area contributed by atoms with E-state index >= 15 is 0 Å². The summed E-state index contributed by atoms with van der Waals surface area (Å²) in [6.07, 6.45) is 1.48. The maximum absolute atomic E-state index is 11.6. The Morgan fingerprint density at radius 2 is 2.21 bits per heavy atom. The van der Waals surface area contributed by atoms with Crippen LogP contribution in [0.4, 0.5) is 0 Å². The minimum Gasteiger partial charge on any atom is -0.274 e. The van der Waals surface area contributed by atoms with Gasteiger partial charge in [-0.15, -0.1) is 0 Å². The summed E-state index contributed by atoms with van der Waals surface area (Å²) in [4.78, 5) is 20.5. The second-order valence-electron chi connectivity index (χ2n) is 3.64. The average molecular weight is 278 g/mol. The summed E-state index contributed by atoms with van der Waals surface area (Å²) in [6, 6.07) is 7.35. The van der Waals surface area contributed by atoms with Crippen molar-refractivity contribution in [2.24, 2.45) is 0 Å². The lowest BCUT2D eigenvalue weighted by Crippen LogP contribution is -2.23. The van der Waals surface area contributed by atoms with E-state index in [1.54, 1.807) is 23.9 Å². The highest BCUT2D eigenvalue weighted by Crippen LogP contribution is 2.18. The summed E-state index contributed by atoms with van der Waals surface area (Å²) in [5.41, 5.74) is 4.03. The average Bonchev–Trinajstić information content (AvgIpc) is 2.96. The molecule has 0 unspecified atom stereocenters. The van der Waals surface area contributed by atoms with E-state index in [0.717, 1.165) is 16.5 Å². The van der Waals surface area contributed by atoms with Gasteiger partial charge in [-0.2, -0.15) is 5.10 Å². The van der Waals surface area contributed by atoms with Crippen LogP contribution in [0.25, 0.3) is 0 Å². The minimum absolute atomic E-state index is 0.240. The molecule has 0 spiro atoms. The van der Waals surface area contributed by atoms with Crippen LogP contribution in [0.1, 0.15) is 22.8 Å². The van der Waals surface area contributed by atoms with Crippen molar-refractivity contribution in [1.82, 2.24) is 20.7 Å². The molecular weight excluding hydrogens is 264 g/mol. The number of H-pyrrole nitrogens is 1. The first kappa shape index (κ1) is 13.6. The lowest BCUT2D eigenvalue weighted by atomic mass is 10.1. The third kappa shape index (κ3) is 4.08. The number of carbonyl (C=O) groups is 1. The summed E-state index contributed by atoms with van der Waals surface area (Å²) in [7, 11) is 0. The summed E-state index contributed by atoms with van der Waals surface area (Å²) < 4.78 is 0. The Bertz CT molecular complexity index is 513. The molecule has 1 aromatic heterocycles. The fraction of sp³-hybridized carbons (Fsp3) is 0.250. The topological polar surface area (TPSA) is 79.9 Å². The molecule has 1 aromatic carbocycles. The number of amides is 1. The molecule has 1 amide bonds. The number of hydrogen-bond acceptors (Lipinski definition) is 5. The molecule has 0 radical (unpaired) electrons. The fourth-order valence-corrected chi connectivity index (χ4v) is 2.10. The van der Waals surface area contributed by atoms with Crippen LogP contribution in [0.2, 0.25) is 0 Å². The second kappa shape index (κ2) is 6.91. The quantitative estimate of drug-likeness (QED) is 0.622.